The highest BCUT2D eigenvalue weighted by Crippen LogP contribution is 2.23. The lowest BCUT2D eigenvalue weighted by atomic mass is 9.96. The number of rotatable bonds is 8. The van der Waals surface area contributed by atoms with Crippen LogP contribution in [0, 0.1) is 5.41 Å². The Bertz CT molecular complexity index is 909. The lowest BCUT2D eigenvalue weighted by molar-refractivity contribution is -0.127. The van der Waals surface area contributed by atoms with E-state index in [0.717, 1.165) is 0 Å². The maximum absolute atomic E-state index is 11.9. The van der Waals surface area contributed by atoms with E-state index in [4.69, 9.17) is 9.47 Å². The number of nitrogens with zero attached hydrogens (tertiary/aromatic N) is 2. The van der Waals surface area contributed by atoms with Crippen LogP contribution in [0.25, 0.3) is 0 Å². The maximum atomic E-state index is 11.9. The summed E-state index contributed by atoms with van der Waals surface area (Å²) in [6.07, 6.45) is 3.88. The van der Waals surface area contributed by atoms with Gasteiger partial charge >= 0.3 is 6.03 Å². The quantitative estimate of drug-likeness (QED) is 0.548. The number of pyridine rings is 2. The summed E-state index contributed by atoms with van der Waals surface area (Å²) in [5, 5.41) is 7.44. The van der Waals surface area contributed by atoms with E-state index < -0.39 is 17.4 Å². The topological polar surface area (TPSA) is 132 Å². The second-order valence-corrected chi connectivity index (χ2v) is 7.66. The van der Waals surface area contributed by atoms with Gasteiger partial charge in [-0.25, -0.2) is 14.8 Å². The van der Waals surface area contributed by atoms with E-state index in [1.54, 1.807) is 46.1 Å². The van der Waals surface area contributed by atoms with Crippen molar-refractivity contribution in [3.63, 3.8) is 0 Å². The summed E-state index contributed by atoms with van der Waals surface area (Å²) in [6.45, 7) is 5.63. The first kappa shape index (κ1) is 23.7. The summed E-state index contributed by atoms with van der Waals surface area (Å²) in [5.41, 5.74) is -0.685. The molecule has 2 aromatic heterocycles. The van der Waals surface area contributed by atoms with Crippen molar-refractivity contribution >= 4 is 29.5 Å². The van der Waals surface area contributed by atoms with Gasteiger partial charge in [0.05, 0.1) is 6.20 Å². The third-order valence-corrected chi connectivity index (χ3v) is 3.87. The molecule has 0 saturated heterocycles. The van der Waals surface area contributed by atoms with E-state index in [2.05, 4.69) is 25.9 Å². The van der Waals surface area contributed by atoms with Gasteiger partial charge in [0.2, 0.25) is 11.8 Å². The fourth-order valence-corrected chi connectivity index (χ4v) is 2.21. The fourth-order valence-electron chi connectivity index (χ4n) is 2.21. The number of amides is 4. The molecule has 0 atom stereocenters. The van der Waals surface area contributed by atoms with Gasteiger partial charge in [0.15, 0.2) is 0 Å². The minimum absolute atomic E-state index is 0.165. The molecule has 3 N–H and O–H groups in total. The van der Waals surface area contributed by atoms with Crippen LogP contribution in [-0.2, 0) is 14.3 Å². The fraction of sp³-hybridized carbons (Fsp3) is 0.381. The first-order valence-corrected chi connectivity index (χ1v) is 9.68. The Balaban J connectivity index is 1.90. The van der Waals surface area contributed by atoms with Crippen LogP contribution in [0.1, 0.15) is 33.6 Å². The molecule has 31 heavy (non-hydrogen) atoms. The Hall–Kier alpha value is -3.53. The summed E-state index contributed by atoms with van der Waals surface area (Å²) in [5.74, 6) is 0.932. The highest BCUT2D eigenvalue weighted by molar-refractivity contribution is 6.02. The van der Waals surface area contributed by atoms with Crippen molar-refractivity contribution in [1.29, 1.82) is 0 Å². The molecule has 0 radical (unpaired) electrons. The Kier molecular flexibility index (Phi) is 8.44. The van der Waals surface area contributed by atoms with Crippen molar-refractivity contribution in [3.05, 3.63) is 36.7 Å². The van der Waals surface area contributed by atoms with Gasteiger partial charge in [-0.2, -0.15) is 0 Å². The highest BCUT2D eigenvalue weighted by atomic mass is 16.5. The first-order valence-electron chi connectivity index (χ1n) is 9.68. The first-order chi connectivity index (χ1) is 14.7. The molecule has 0 aliphatic rings. The van der Waals surface area contributed by atoms with Gasteiger partial charge in [-0.15, -0.1) is 0 Å². The molecule has 2 aromatic rings. The zero-order valence-electron chi connectivity index (χ0n) is 18.0. The molecular weight excluding hydrogens is 402 g/mol. The third kappa shape index (κ3) is 8.39. The van der Waals surface area contributed by atoms with Crippen LogP contribution < -0.4 is 20.7 Å². The zero-order valence-corrected chi connectivity index (χ0v) is 18.0. The van der Waals surface area contributed by atoms with Crippen LogP contribution >= 0.6 is 0 Å². The number of carbonyl (C=O) groups excluding carboxylic acids is 3. The van der Waals surface area contributed by atoms with Crippen LogP contribution in [0.4, 0.5) is 16.4 Å². The molecule has 2 heterocycles. The van der Waals surface area contributed by atoms with Crippen molar-refractivity contribution < 1.29 is 23.9 Å². The second kappa shape index (κ2) is 11.0. The molecule has 0 fully saturated rings. The van der Waals surface area contributed by atoms with Crippen molar-refractivity contribution in [1.82, 2.24) is 15.3 Å². The van der Waals surface area contributed by atoms with Crippen molar-refractivity contribution in [2.75, 3.05) is 24.4 Å². The average molecular weight is 429 g/mol. The van der Waals surface area contributed by atoms with Gasteiger partial charge in [-0.1, -0.05) is 20.8 Å². The minimum atomic E-state index is -0.685. The monoisotopic (exact) mass is 429 g/mol. The molecule has 10 nitrogen and oxygen atoms in total. The Morgan fingerprint density at radius 1 is 1.00 bits per heavy atom. The summed E-state index contributed by atoms with van der Waals surface area (Å²) in [6, 6.07) is 5.71. The van der Waals surface area contributed by atoms with Crippen LogP contribution in [0.3, 0.4) is 0 Å². The summed E-state index contributed by atoms with van der Waals surface area (Å²) >= 11 is 0. The molecule has 0 aliphatic carbocycles. The number of hydrogen-bond donors (Lipinski definition) is 3. The number of aromatic nitrogens is 2. The van der Waals surface area contributed by atoms with E-state index in [0.29, 0.717) is 36.8 Å². The smallest absolute Gasteiger partial charge is 0.327 e. The molecule has 166 valence electrons. The molecular formula is C21H27N5O5. The molecule has 4 amide bonds. The maximum Gasteiger partial charge on any atom is 0.327 e. The number of ether oxygens (including phenoxy) is 2. The lowest BCUT2D eigenvalue weighted by Crippen LogP contribution is -2.41. The van der Waals surface area contributed by atoms with Gasteiger partial charge in [0, 0.05) is 37.8 Å². The van der Waals surface area contributed by atoms with Gasteiger partial charge in [-0.05, 0) is 24.6 Å². The summed E-state index contributed by atoms with van der Waals surface area (Å²) in [4.78, 5) is 43.8. The molecule has 0 aromatic carbocycles. The summed E-state index contributed by atoms with van der Waals surface area (Å²) in [7, 11) is 1.58. The standard InChI is InChI=1S/C21H27N5O5/c1-21(2,3)19(28)26-20(29)25-16-8-7-15(13-23-16)31-14-9-10-22-17(12-14)24-18(27)6-5-11-30-4/h7-10,12-13H,5-6,11H2,1-4H3,(H,22,24,27)(H2,23,25,26,28,29). The molecule has 0 spiro atoms. The SMILES string of the molecule is COCCCC(=O)Nc1cc(Oc2ccc(NC(=O)NC(=O)C(C)(C)C)nc2)ccn1. The largest absolute Gasteiger partial charge is 0.456 e. The van der Waals surface area contributed by atoms with Gasteiger partial charge in [0.25, 0.3) is 0 Å². The third-order valence-electron chi connectivity index (χ3n) is 3.87. The Morgan fingerprint density at radius 2 is 1.77 bits per heavy atom. The predicted molar refractivity (Wildman–Crippen MR) is 115 cm³/mol. The van der Waals surface area contributed by atoms with Gasteiger partial charge in [0.1, 0.15) is 23.1 Å². The van der Waals surface area contributed by atoms with Crippen molar-refractivity contribution in [2.45, 2.75) is 33.6 Å². The number of hydrogen-bond acceptors (Lipinski definition) is 7. The number of anilines is 2. The van der Waals surface area contributed by atoms with Crippen LogP contribution in [0.2, 0.25) is 0 Å². The van der Waals surface area contributed by atoms with Gasteiger partial charge in [-0.3, -0.25) is 20.2 Å². The second-order valence-electron chi connectivity index (χ2n) is 7.66. The predicted octanol–water partition coefficient (Wildman–Crippen LogP) is 3.33. The number of urea groups is 1. The van der Waals surface area contributed by atoms with Crippen LogP contribution in [0.15, 0.2) is 36.7 Å². The lowest BCUT2D eigenvalue weighted by Gasteiger charge is -2.16. The number of methoxy groups -OCH3 is 1. The molecule has 0 unspecified atom stereocenters. The van der Waals surface area contributed by atoms with E-state index >= 15 is 0 Å². The molecule has 10 heteroatoms. The number of nitrogens with one attached hydrogen (secondary N) is 3. The van der Waals surface area contributed by atoms with E-state index in [1.807, 2.05) is 0 Å². The molecule has 0 saturated carbocycles. The van der Waals surface area contributed by atoms with E-state index in [1.165, 1.54) is 18.5 Å². The van der Waals surface area contributed by atoms with Crippen LogP contribution in [-0.4, -0.2) is 41.5 Å². The van der Waals surface area contributed by atoms with E-state index in [-0.39, 0.29) is 11.7 Å². The molecule has 0 bridgehead atoms. The number of imide groups is 1. The highest BCUT2D eigenvalue weighted by Gasteiger charge is 2.23. The zero-order chi connectivity index (χ0) is 22.9. The Labute approximate surface area is 180 Å². The van der Waals surface area contributed by atoms with Crippen LogP contribution in [0.5, 0.6) is 11.5 Å². The number of carbonyl (C=O) groups is 3. The summed E-state index contributed by atoms with van der Waals surface area (Å²) < 4.78 is 10.6. The van der Waals surface area contributed by atoms with Crippen molar-refractivity contribution in [3.8, 4) is 11.5 Å². The molecule has 0 aliphatic heterocycles. The normalized spacial score (nSPS) is 10.8. The Morgan fingerprint density at radius 3 is 2.42 bits per heavy atom. The van der Waals surface area contributed by atoms with Crippen molar-refractivity contribution in [2.24, 2.45) is 5.41 Å². The average Bonchev–Trinajstić information content (AvgIpc) is 2.69. The minimum Gasteiger partial charge on any atom is -0.456 e. The van der Waals surface area contributed by atoms with E-state index in [9.17, 15) is 14.4 Å². The molecule has 2 rings (SSSR count). The van der Waals surface area contributed by atoms with Gasteiger partial charge < -0.3 is 14.8 Å².